The van der Waals surface area contributed by atoms with E-state index < -0.39 is 0 Å². The van der Waals surface area contributed by atoms with Crippen LogP contribution in [0.1, 0.15) is 44.6 Å². The summed E-state index contributed by atoms with van der Waals surface area (Å²) in [4.78, 5) is 23.3. The zero-order valence-corrected chi connectivity index (χ0v) is 13.3. The largest absolute Gasteiger partial charge is 0.303 e. The lowest BCUT2D eigenvalue weighted by molar-refractivity contribution is -0.122. The van der Waals surface area contributed by atoms with Crippen LogP contribution in [-0.2, 0) is 16.0 Å². The van der Waals surface area contributed by atoms with E-state index in [0.717, 1.165) is 32.0 Å². The molecule has 116 valence electrons. The summed E-state index contributed by atoms with van der Waals surface area (Å²) in [6.07, 6.45) is 9.54. The van der Waals surface area contributed by atoms with Gasteiger partial charge in [-0.3, -0.25) is 4.79 Å². The Morgan fingerprint density at radius 1 is 1.23 bits per heavy atom. The second-order valence-corrected chi connectivity index (χ2v) is 6.20. The fourth-order valence-corrected chi connectivity index (χ4v) is 2.91. The number of ketones is 1. The summed E-state index contributed by atoms with van der Waals surface area (Å²) in [6.45, 7) is 2.09. The number of hydrogen-bond donors (Lipinski definition) is 0. The summed E-state index contributed by atoms with van der Waals surface area (Å²) in [5.41, 5.74) is 3.86. The van der Waals surface area contributed by atoms with Crippen molar-refractivity contribution in [1.29, 1.82) is 0 Å². The lowest BCUT2D eigenvalue weighted by Gasteiger charge is -2.11. The van der Waals surface area contributed by atoms with Gasteiger partial charge in [-0.25, -0.2) is 0 Å². The molecule has 22 heavy (non-hydrogen) atoms. The van der Waals surface area contributed by atoms with Crippen molar-refractivity contribution in [2.75, 3.05) is 0 Å². The van der Waals surface area contributed by atoms with Crippen LogP contribution in [0.3, 0.4) is 0 Å². The van der Waals surface area contributed by atoms with Gasteiger partial charge in [-0.1, -0.05) is 53.6 Å². The van der Waals surface area contributed by atoms with Crippen molar-refractivity contribution in [1.82, 2.24) is 0 Å². The summed E-state index contributed by atoms with van der Waals surface area (Å²) >= 11 is 0. The molecule has 1 unspecified atom stereocenters. The highest BCUT2D eigenvalue weighted by atomic mass is 16.1. The Bertz CT molecular complexity index is 567. The minimum Gasteiger partial charge on any atom is -0.303 e. The molecular weight excluding hydrogens is 272 g/mol. The maximum Gasteiger partial charge on any atom is 0.133 e. The first-order valence-electron chi connectivity index (χ1n) is 8.03. The SMILES string of the molecule is CC1=CC=C(CC(C=O)CC(=O)CCCc2ccccc2)C1. The molecule has 2 heteroatoms. The van der Waals surface area contributed by atoms with E-state index in [2.05, 4.69) is 31.2 Å². The third-order valence-corrected chi connectivity index (χ3v) is 4.08. The van der Waals surface area contributed by atoms with Gasteiger partial charge in [-0.05, 0) is 38.2 Å². The number of aryl methyl sites for hydroxylation is 1. The molecular formula is C20H24O2. The van der Waals surface area contributed by atoms with Crippen molar-refractivity contribution in [2.45, 2.75) is 45.4 Å². The summed E-state index contributed by atoms with van der Waals surface area (Å²) in [5.74, 6) is 0.0473. The number of hydrogen-bond acceptors (Lipinski definition) is 2. The first-order chi connectivity index (χ1) is 10.7. The molecule has 2 rings (SSSR count). The molecule has 2 nitrogen and oxygen atoms in total. The predicted molar refractivity (Wildman–Crippen MR) is 89.6 cm³/mol. The number of allylic oxidation sites excluding steroid dienone is 4. The Labute approximate surface area is 132 Å². The van der Waals surface area contributed by atoms with Gasteiger partial charge in [0.2, 0.25) is 0 Å². The van der Waals surface area contributed by atoms with E-state index in [-0.39, 0.29) is 11.7 Å². The van der Waals surface area contributed by atoms with Crippen LogP contribution >= 0.6 is 0 Å². The van der Waals surface area contributed by atoms with Gasteiger partial charge in [0.25, 0.3) is 0 Å². The Balaban J connectivity index is 1.69. The molecule has 1 aliphatic rings. The fourth-order valence-electron chi connectivity index (χ4n) is 2.91. The standard InChI is InChI=1S/C20H24O2/c1-16-10-11-18(12-16)13-19(15-21)14-20(22)9-5-8-17-6-3-2-4-7-17/h2-4,6-7,10-11,15,19H,5,8-9,12-14H2,1H3. The van der Waals surface area contributed by atoms with E-state index in [1.165, 1.54) is 16.7 Å². The molecule has 0 aliphatic heterocycles. The van der Waals surface area contributed by atoms with Crippen LogP contribution in [0, 0.1) is 5.92 Å². The third kappa shape index (κ3) is 5.44. The second kappa shape index (κ2) is 8.47. The topological polar surface area (TPSA) is 34.1 Å². The Hall–Kier alpha value is -1.96. The predicted octanol–water partition coefficient (Wildman–Crippen LogP) is 4.45. The van der Waals surface area contributed by atoms with Crippen LogP contribution in [0.15, 0.2) is 53.6 Å². The molecule has 0 fully saturated rings. The van der Waals surface area contributed by atoms with Gasteiger partial charge in [0.1, 0.15) is 12.1 Å². The monoisotopic (exact) mass is 296 g/mol. The molecule has 1 aromatic carbocycles. The quantitative estimate of drug-likeness (QED) is 0.631. The number of Topliss-reactive ketones (excluding diaryl/α,β-unsaturated/α-hetero) is 1. The maximum atomic E-state index is 12.0. The first kappa shape index (κ1) is 16.4. The molecule has 0 saturated heterocycles. The number of carbonyl (C=O) groups is 2. The molecule has 0 spiro atoms. The van der Waals surface area contributed by atoms with Gasteiger partial charge >= 0.3 is 0 Å². The van der Waals surface area contributed by atoms with Crippen molar-refractivity contribution in [3.63, 3.8) is 0 Å². The Kier molecular flexibility index (Phi) is 6.32. The zero-order chi connectivity index (χ0) is 15.8. The lowest BCUT2D eigenvalue weighted by Crippen LogP contribution is -2.11. The second-order valence-electron chi connectivity index (χ2n) is 6.20. The number of benzene rings is 1. The number of aldehydes is 1. The van der Waals surface area contributed by atoms with Gasteiger partial charge in [0, 0.05) is 18.8 Å². The molecule has 0 N–H and O–H groups in total. The molecule has 0 amide bonds. The van der Waals surface area contributed by atoms with Crippen molar-refractivity contribution < 1.29 is 9.59 Å². The third-order valence-electron chi connectivity index (χ3n) is 4.08. The molecule has 1 atom stereocenters. The molecule has 1 aromatic rings. The highest BCUT2D eigenvalue weighted by Gasteiger charge is 2.16. The summed E-state index contributed by atoms with van der Waals surface area (Å²) in [7, 11) is 0. The average molecular weight is 296 g/mol. The molecule has 0 saturated carbocycles. The highest BCUT2D eigenvalue weighted by Crippen LogP contribution is 2.25. The van der Waals surface area contributed by atoms with E-state index in [1.807, 2.05) is 18.2 Å². The molecule has 1 aliphatic carbocycles. The molecule has 0 heterocycles. The lowest BCUT2D eigenvalue weighted by atomic mass is 9.92. The molecule has 0 radical (unpaired) electrons. The summed E-state index contributed by atoms with van der Waals surface area (Å²) < 4.78 is 0. The minimum atomic E-state index is -0.158. The zero-order valence-electron chi connectivity index (χ0n) is 13.3. The van der Waals surface area contributed by atoms with Crippen LogP contribution in [0.5, 0.6) is 0 Å². The van der Waals surface area contributed by atoms with Crippen molar-refractivity contribution in [3.05, 3.63) is 59.2 Å². The number of carbonyl (C=O) groups excluding carboxylic acids is 2. The highest BCUT2D eigenvalue weighted by molar-refractivity contribution is 5.81. The summed E-state index contributed by atoms with van der Waals surface area (Å²) in [5, 5.41) is 0. The Morgan fingerprint density at radius 2 is 2.00 bits per heavy atom. The number of rotatable bonds is 9. The van der Waals surface area contributed by atoms with Crippen molar-refractivity contribution in [2.24, 2.45) is 5.92 Å². The van der Waals surface area contributed by atoms with E-state index in [4.69, 9.17) is 0 Å². The van der Waals surface area contributed by atoms with Gasteiger partial charge in [-0.2, -0.15) is 0 Å². The fraction of sp³-hybridized carbons (Fsp3) is 0.400. The maximum absolute atomic E-state index is 12.0. The van der Waals surface area contributed by atoms with Gasteiger partial charge in [-0.15, -0.1) is 0 Å². The van der Waals surface area contributed by atoms with Crippen molar-refractivity contribution in [3.8, 4) is 0 Å². The van der Waals surface area contributed by atoms with Crippen LogP contribution in [0.2, 0.25) is 0 Å². The smallest absolute Gasteiger partial charge is 0.133 e. The normalized spacial score (nSPS) is 15.1. The van der Waals surface area contributed by atoms with E-state index >= 15 is 0 Å². The van der Waals surface area contributed by atoms with Crippen LogP contribution in [0.4, 0.5) is 0 Å². The average Bonchev–Trinajstić information content (AvgIpc) is 2.93. The van der Waals surface area contributed by atoms with Crippen molar-refractivity contribution >= 4 is 12.1 Å². The first-order valence-corrected chi connectivity index (χ1v) is 8.03. The van der Waals surface area contributed by atoms with Crippen LogP contribution in [0.25, 0.3) is 0 Å². The Morgan fingerprint density at radius 3 is 2.64 bits per heavy atom. The van der Waals surface area contributed by atoms with Gasteiger partial charge in [0.05, 0.1) is 0 Å². The van der Waals surface area contributed by atoms with E-state index in [9.17, 15) is 9.59 Å². The van der Waals surface area contributed by atoms with Crippen LogP contribution < -0.4 is 0 Å². The summed E-state index contributed by atoms with van der Waals surface area (Å²) in [6, 6.07) is 10.2. The van der Waals surface area contributed by atoms with Crippen LogP contribution in [-0.4, -0.2) is 12.1 Å². The van der Waals surface area contributed by atoms with E-state index in [1.54, 1.807) is 0 Å². The molecule has 0 bridgehead atoms. The minimum absolute atomic E-state index is 0.158. The van der Waals surface area contributed by atoms with Gasteiger partial charge < -0.3 is 4.79 Å². The van der Waals surface area contributed by atoms with Gasteiger partial charge in [0.15, 0.2) is 0 Å². The molecule has 0 aromatic heterocycles. The van der Waals surface area contributed by atoms with E-state index in [0.29, 0.717) is 12.8 Å².